The first-order chi connectivity index (χ1) is 5.77. The molecule has 0 aromatic rings. The van der Waals surface area contributed by atoms with Gasteiger partial charge in [0.15, 0.2) is 0 Å². The van der Waals surface area contributed by atoms with Crippen molar-refractivity contribution in [1.82, 2.24) is 4.72 Å². The van der Waals surface area contributed by atoms with Gasteiger partial charge in [0.25, 0.3) is 0 Å². The third kappa shape index (κ3) is 9.98. The Morgan fingerprint density at radius 2 is 2.00 bits per heavy atom. The molecule has 6 heteroatoms. The van der Waals surface area contributed by atoms with Gasteiger partial charge in [0.1, 0.15) is 0 Å². The van der Waals surface area contributed by atoms with Crippen LogP contribution in [0.25, 0.3) is 0 Å². The molecule has 0 bridgehead atoms. The fourth-order valence-electron chi connectivity index (χ4n) is 0.607. The van der Waals surface area contributed by atoms with Crippen LogP contribution in [0.4, 0.5) is 0 Å². The lowest BCUT2D eigenvalue weighted by Crippen LogP contribution is -2.45. The maximum absolute atomic E-state index is 11.2. The van der Waals surface area contributed by atoms with Crippen molar-refractivity contribution < 1.29 is 8.42 Å². The van der Waals surface area contributed by atoms with E-state index in [0.717, 1.165) is 0 Å². The van der Waals surface area contributed by atoms with E-state index in [1.54, 1.807) is 19.9 Å². The Labute approximate surface area is 92.4 Å². The summed E-state index contributed by atoms with van der Waals surface area (Å²) in [7, 11) is -3.18. The van der Waals surface area contributed by atoms with Gasteiger partial charge < -0.3 is 5.73 Å². The van der Waals surface area contributed by atoms with Gasteiger partial charge in [0.2, 0.25) is 10.0 Å². The summed E-state index contributed by atoms with van der Waals surface area (Å²) in [5, 5.41) is 0. The molecule has 0 saturated carbocycles. The second-order valence-corrected chi connectivity index (χ2v) is 5.63. The summed E-state index contributed by atoms with van der Waals surface area (Å²) in [6, 6.07) is 0. The molecule has 0 aromatic heterocycles. The molecule has 3 N–H and O–H groups in total. The van der Waals surface area contributed by atoms with Gasteiger partial charge in [0.05, 0.1) is 5.75 Å². The minimum absolute atomic E-state index is 0. The lowest BCUT2D eigenvalue weighted by molar-refractivity contribution is 0.498. The number of hydrogen-bond donors (Lipinski definition) is 2. The quantitative estimate of drug-likeness (QED) is 0.672. The van der Waals surface area contributed by atoms with Gasteiger partial charge in [-0.15, -0.1) is 19.0 Å². The zero-order valence-corrected chi connectivity index (χ0v) is 10.2. The number of hydrogen-bond acceptors (Lipinski definition) is 3. The lowest BCUT2D eigenvalue weighted by Gasteiger charge is -2.18. The van der Waals surface area contributed by atoms with Crippen molar-refractivity contribution in [2.75, 3.05) is 12.3 Å². The minimum Gasteiger partial charge on any atom is -0.324 e. The van der Waals surface area contributed by atoms with Gasteiger partial charge in [-0.2, -0.15) is 0 Å². The van der Waals surface area contributed by atoms with Crippen molar-refractivity contribution >= 4 is 22.4 Å². The molecule has 4 nitrogen and oxygen atoms in total. The van der Waals surface area contributed by atoms with Crippen LogP contribution in [-0.4, -0.2) is 26.3 Å². The van der Waals surface area contributed by atoms with Crippen LogP contribution >= 0.6 is 12.4 Å². The Bertz CT molecular complexity index is 257. The molecule has 0 heterocycles. The second-order valence-electron chi connectivity index (χ2n) is 3.71. The highest BCUT2D eigenvalue weighted by atomic mass is 35.5. The Kier molecular flexibility index (Phi) is 7.46. The maximum Gasteiger partial charge on any atom is 0.211 e. The Hall–Kier alpha value is -0.100. The van der Waals surface area contributed by atoms with Gasteiger partial charge in [-0.05, 0) is 20.3 Å². The average molecular weight is 243 g/mol. The lowest BCUT2D eigenvalue weighted by atomic mass is 10.1. The summed E-state index contributed by atoms with van der Waals surface area (Å²) in [6.07, 6.45) is 2.03. The molecule has 0 aliphatic heterocycles. The summed E-state index contributed by atoms with van der Waals surface area (Å²) >= 11 is 0. The molecular weight excluding hydrogens is 224 g/mol. The number of rotatable bonds is 6. The first kappa shape index (κ1) is 16.3. The third-order valence-corrected chi connectivity index (χ3v) is 2.70. The summed E-state index contributed by atoms with van der Waals surface area (Å²) in [5.74, 6) is 0.0760. The fourth-order valence-corrected chi connectivity index (χ4v) is 1.82. The number of allylic oxidation sites excluding steroid dienone is 1. The van der Waals surface area contributed by atoms with Crippen molar-refractivity contribution in [3.8, 4) is 0 Å². The number of nitrogens with two attached hydrogens (primary N) is 1. The number of sulfonamides is 1. The van der Waals surface area contributed by atoms with Crippen LogP contribution in [0.1, 0.15) is 20.3 Å². The van der Waals surface area contributed by atoms with Crippen molar-refractivity contribution in [3.63, 3.8) is 0 Å². The van der Waals surface area contributed by atoms with E-state index >= 15 is 0 Å². The van der Waals surface area contributed by atoms with Gasteiger partial charge in [-0.1, -0.05) is 6.08 Å². The Morgan fingerprint density at radius 1 is 1.50 bits per heavy atom. The van der Waals surface area contributed by atoms with Crippen LogP contribution in [0, 0.1) is 0 Å². The topological polar surface area (TPSA) is 72.2 Å². The van der Waals surface area contributed by atoms with E-state index in [0.29, 0.717) is 6.42 Å². The molecular formula is C8H19ClN2O2S. The number of halogens is 1. The zero-order valence-electron chi connectivity index (χ0n) is 8.62. The van der Waals surface area contributed by atoms with E-state index < -0.39 is 15.6 Å². The van der Waals surface area contributed by atoms with Crippen LogP contribution in [0.15, 0.2) is 12.7 Å². The highest BCUT2D eigenvalue weighted by molar-refractivity contribution is 7.89. The molecule has 0 atom stereocenters. The highest BCUT2D eigenvalue weighted by Crippen LogP contribution is 1.96. The first-order valence-corrected chi connectivity index (χ1v) is 5.79. The predicted octanol–water partition coefficient (Wildman–Crippen LogP) is 0.641. The molecule has 0 saturated heterocycles. The molecule has 0 amide bonds. The van der Waals surface area contributed by atoms with E-state index in [1.807, 2.05) is 0 Å². The standard InChI is InChI=1S/C8H18N2O2S.ClH/c1-4-5-6-13(11,12)10-7-8(2,3)9;/h4,10H,1,5-7,9H2,2-3H3;1H. The van der Waals surface area contributed by atoms with Crippen LogP contribution in [0.2, 0.25) is 0 Å². The molecule has 0 rings (SSSR count). The smallest absolute Gasteiger partial charge is 0.211 e. The van der Waals surface area contributed by atoms with Gasteiger partial charge >= 0.3 is 0 Å². The van der Waals surface area contributed by atoms with Crippen LogP contribution in [0.3, 0.4) is 0 Å². The summed E-state index contributed by atoms with van der Waals surface area (Å²) < 4.78 is 24.9. The summed E-state index contributed by atoms with van der Waals surface area (Å²) in [5.41, 5.74) is 5.11. The molecule has 0 aliphatic carbocycles. The van der Waals surface area contributed by atoms with Gasteiger partial charge in [-0.3, -0.25) is 0 Å². The van der Waals surface area contributed by atoms with E-state index in [9.17, 15) is 8.42 Å². The van der Waals surface area contributed by atoms with Crippen molar-refractivity contribution in [2.45, 2.75) is 25.8 Å². The number of nitrogens with one attached hydrogen (secondary N) is 1. The SMILES string of the molecule is C=CCCS(=O)(=O)NCC(C)(C)N.Cl. The monoisotopic (exact) mass is 242 g/mol. The average Bonchev–Trinajstić information content (AvgIpc) is 1.97. The largest absolute Gasteiger partial charge is 0.324 e. The van der Waals surface area contributed by atoms with E-state index in [4.69, 9.17) is 5.73 Å². The summed E-state index contributed by atoms with van der Waals surface area (Å²) in [4.78, 5) is 0. The zero-order chi connectivity index (χ0) is 10.5. The van der Waals surface area contributed by atoms with Crippen LogP contribution in [-0.2, 0) is 10.0 Å². The van der Waals surface area contributed by atoms with Gasteiger partial charge in [-0.25, -0.2) is 13.1 Å². The predicted molar refractivity (Wildman–Crippen MR) is 62.1 cm³/mol. The molecule has 0 fully saturated rings. The summed E-state index contributed by atoms with van der Waals surface area (Å²) in [6.45, 7) is 7.25. The third-order valence-electron chi connectivity index (χ3n) is 1.34. The normalized spacial score (nSPS) is 11.9. The highest BCUT2D eigenvalue weighted by Gasteiger charge is 2.15. The maximum atomic E-state index is 11.2. The van der Waals surface area contributed by atoms with E-state index in [1.165, 1.54) is 0 Å². The molecule has 0 unspecified atom stereocenters. The van der Waals surface area contributed by atoms with E-state index in [2.05, 4.69) is 11.3 Å². The molecule has 86 valence electrons. The van der Waals surface area contributed by atoms with Crippen molar-refractivity contribution in [1.29, 1.82) is 0 Å². The van der Waals surface area contributed by atoms with Crippen LogP contribution in [0.5, 0.6) is 0 Å². The van der Waals surface area contributed by atoms with Crippen LogP contribution < -0.4 is 10.5 Å². The molecule has 0 aromatic carbocycles. The first-order valence-electron chi connectivity index (χ1n) is 4.14. The van der Waals surface area contributed by atoms with Crippen molar-refractivity contribution in [3.05, 3.63) is 12.7 Å². The van der Waals surface area contributed by atoms with Crippen molar-refractivity contribution in [2.24, 2.45) is 5.73 Å². The fraction of sp³-hybridized carbons (Fsp3) is 0.750. The Morgan fingerprint density at radius 3 is 2.36 bits per heavy atom. The second kappa shape index (κ2) is 6.40. The molecule has 14 heavy (non-hydrogen) atoms. The minimum atomic E-state index is -3.18. The van der Waals surface area contributed by atoms with Gasteiger partial charge in [0, 0.05) is 12.1 Å². The molecule has 0 radical (unpaired) electrons. The Balaban J connectivity index is 0. The van der Waals surface area contributed by atoms with E-state index in [-0.39, 0.29) is 24.7 Å². The molecule has 0 aliphatic rings. The molecule has 0 spiro atoms.